The molecule has 51 heavy (non-hydrogen) atoms. The van der Waals surface area contributed by atoms with Crippen LogP contribution in [0.2, 0.25) is 0 Å². The number of nitrogens with zero attached hydrogens (tertiary/aromatic N) is 3. The number of amides is 3. The molecule has 0 aliphatic carbocycles. The minimum absolute atomic E-state index is 0.0737. The van der Waals surface area contributed by atoms with Gasteiger partial charge in [0.15, 0.2) is 18.8 Å². The van der Waals surface area contributed by atoms with Crippen molar-refractivity contribution in [3.8, 4) is 11.5 Å². The maximum atomic E-state index is 16.0. The molecule has 8 rings (SSSR count). The maximum absolute atomic E-state index is 16.0. The molecule has 1 saturated heterocycles. The van der Waals surface area contributed by atoms with Crippen molar-refractivity contribution in [2.75, 3.05) is 34.5 Å². The second-order valence-corrected chi connectivity index (χ2v) is 14.0. The van der Waals surface area contributed by atoms with Gasteiger partial charge in [-0.1, -0.05) is 43.3 Å². The van der Waals surface area contributed by atoms with E-state index in [1.165, 1.54) is 13.8 Å². The van der Waals surface area contributed by atoms with E-state index in [1.54, 1.807) is 39.0 Å². The number of carbonyl (C=O) groups excluding carboxylic acids is 3. The van der Waals surface area contributed by atoms with E-state index in [4.69, 9.17) is 14.2 Å². The van der Waals surface area contributed by atoms with E-state index < -0.39 is 29.2 Å². The normalized spacial score (nSPS) is 24.0. The predicted molar refractivity (Wildman–Crippen MR) is 188 cm³/mol. The van der Waals surface area contributed by atoms with Crippen LogP contribution in [-0.2, 0) is 31.3 Å². The fraction of sp³-hybridized carbons (Fsp3) is 0.325. The molecule has 1 fully saturated rings. The summed E-state index contributed by atoms with van der Waals surface area (Å²) < 4.78 is 34.0. The zero-order valence-electron chi connectivity index (χ0n) is 28.5. The number of anilines is 5. The van der Waals surface area contributed by atoms with E-state index in [0.717, 1.165) is 5.56 Å². The van der Waals surface area contributed by atoms with E-state index in [-0.39, 0.29) is 50.5 Å². The lowest BCUT2D eigenvalue weighted by Crippen LogP contribution is -2.45. The Balaban J connectivity index is 1.20. The Morgan fingerprint density at radius 2 is 1.37 bits per heavy atom. The Hall–Kier alpha value is -5.26. The molecule has 0 radical (unpaired) electrons. The molecule has 4 aromatic carbocycles. The molecular weight excluding hydrogens is 653 g/mol. The first kappa shape index (κ1) is 32.9. The van der Waals surface area contributed by atoms with Crippen LogP contribution in [0.4, 0.5) is 32.8 Å². The average Bonchev–Trinajstić information content (AvgIpc) is 3.54. The van der Waals surface area contributed by atoms with Gasteiger partial charge >= 0.3 is 0 Å². The van der Waals surface area contributed by atoms with Crippen LogP contribution in [0.1, 0.15) is 38.3 Å². The molecule has 0 saturated carbocycles. The molecule has 10 nitrogen and oxygen atoms in total. The highest BCUT2D eigenvalue weighted by atomic mass is 19.1. The molecule has 0 bridgehead atoms. The van der Waals surface area contributed by atoms with Gasteiger partial charge in [0.1, 0.15) is 17.2 Å². The van der Waals surface area contributed by atoms with Gasteiger partial charge in [0, 0.05) is 35.4 Å². The third-order valence-corrected chi connectivity index (χ3v) is 10.6. The standard InChI is InChI=1S/C40H38FN3O7/c1-24-37(39(2,3)41)34(18-19-45)51-40(24)28-20-27(44-31-9-5-7-11-33(31)50-23-36(44)47)16-17-29(28)42(38(40)48)21-25-12-14-26(15-13-25)43-30-8-4-6-10-32(30)49-22-35(43)46/h4-17,20,24,34,37,45H,18-19,21-23H2,1-3H3/t24-,34+,37-,40+/m1/s1. The monoisotopic (exact) mass is 691 g/mol. The lowest BCUT2D eigenvalue weighted by molar-refractivity contribution is -0.146. The minimum atomic E-state index is -1.72. The SMILES string of the molecule is C[C@@H]1[C@@H](C(C)(C)F)[C@H](CCO)O[C@@]12C(=O)N(Cc1ccc(N3C(=O)COc4ccccc43)cc1)c1ccc(N3C(=O)COc4ccccc43)cc12. The molecule has 3 amide bonds. The summed E-state index contributed by atoms with van der Waals surface area (Å²) in [6.45, 7) is 4.52. The highest BCUT2D eigenvalue weighted by Gasteiger charge is 2.66. The fourth-order valence-electron chi connectivity index (χ4n) is 8.43. The molecule has 262 valence electrons. The van der Waals surface area contributed by atoms with Crippen molar-refractivity contribution in [1.82, 2.24) is 0 Å². The summed E-state index contributed by atoms with van der Waals surface area (Å²) in [7, 11) is 0. The second kappa shape index (κ2) is 12.2. The molecular formula is C40H38FN3O7. The van der Waals surface area contributed by atoms with Crippen LogP contribution < -0.4 is 24.2 Å². The fourth-order valence-corrected chi connectivity index (χ4v) is 8.43. The molecule has 4 aliphatic rings. The van der Waals surface area contributed by atoms with Gasteiger partial charge in [-0.2, -0.15) is 0 Å². The topological polar surface area (TPSA) is 109 Å². The van der Waals surface area contributed by atoms with Gasteiger partial charge in [0.2, 0.25) is 0 Å². The Bertz CT molecular complexity index is 2050. The summed E-state index contributed by atoms with van der Waals surface area (Å²) in [5.41, 5.74) is 1.05. The Morgan fingerprint density at radius 1 is 0.804 bits per heavy atom. The van der Waals surface area contributed by atoms with E-state index in [0.29, 0.717) is 45.5 Å². The lowest BCUT2D eigenvalue weighted by atomic mass is 9.71. The molecule has 0 unspecified atom stereocenters. The van der Waals surface area contributed by atoms with Gasteiger partial charge in [-0.05, 0) is 80.4 Å². The highest BCUT2D eigenvalue weighted by molar-refractivity contribution is 6.10. The van der Waals surface area contributed by atoms with Crippen molar-refractivity contribution < 1.29 is 38.1 Å². The number of hydrogen-bond acceptors (Lipinski definition) is 7. The van der Waals surface area contributed by atoms with Crippen LogP contribution in [0.25, 0.3) is 0 Å². The molecule has 1 N–H and O–H groups in total. The first-order chi connectivity index (χ1) is 24.5. The van der Waals surface area contributed by atoms with Crippen molar-refractivity contribution in [3.63, 3.8) is 0 Å². The number of aliphatic hydroxyl groups is 1. The number of ether oxygens (including phenoxy) is 3. The summed E-state index contributed by atoms with van der Waals surface area (Å²) in [6, 6.07) is 27.4. The number of fused-ring (bicyclic) bond motifs is 4. The van der Waals surface area contributed by atoms with E-state index in [9.17, 15) is 19.5 Å². The number of halogens is 1. The zero-order chi connectivity index (χ0) is 35.7. The summed E-state index contributed by atoms with van der Waals surface area (Å²) >= 11 is 0. The molecule has 11 heteroatoms. The van der Waals surface area contributed by atoms with Crippen LogP contribution >= 0.6 is 0 Å². The molecule has 4 aliphatic heterocycles. The summed E-state index contributed by atoms with van der Waals surface area (Å²) in [5, 5.41) is 9.97. The summed E-state index contributed by atoms with van der Waals surface area (Å²) in [4.78, 5) is 46.0. The first-order valence-corrected chi connectivity index (χ1v) is 17.2. The Labute approximate surface area is 294 Å². The third-order valence-electron chi connectivity index (χ3n) is 10.6. The molecule has 1 spiro atoms. The van der Waals surface area contributed by atoms with E-state index in [1.807, 2.05) is 73.7 Å². The number of hydrogen-bond donors (Lipinski definition) is 1. The van der Waals surface area contributed by atoms with Gasteiger partial charge < -0.3 is 24.2 Å². The molecule has 4 heterocycles. The van der Waals surface area contributed by atoms with Crippen LogP contribution in [0.15, 0.2) is 91.0 Å². The summed E-state index contributed by atoms with van der Waals surface area (Å²) in [6.07, 6.45) is -0.573. The van der Waals surface area contributed by atoms with Crippen LogP contribution in [0.5, 0.6) is 11.5 Å². The van der Waals surface area contributed by atoms with Gasteiger partial charge in [0.25, 0.3) is 17.7 Å². The predicted octanol–water partition coefficient (Wildman–Crippen LogP) is 6.32. The Kier molecular flexibility index (Phi) is 7.88. The van der Waals surface area contributed by atoms with Crippen LogP contribution in [0, 0.1) is 11.8 Å². The number of rotatable bonds is 7. The first-order valence-electron chi connectivity index (χ1n) is 17.2. The van der Waals surface area contributed by atoms with Crippen molar-refractivity contribution in [2.45, 2.75) is 51.1 Å². The van der Waals surface area contributed by atoms with E-state index >= 15 is 4.39 Å². The smallest absolute Gasteiger partial charge is 0.269 e. The average molecular weight is 692 g/mol. The van der Waals surface area contributed by atoms with Gasteiger partial charge in [-0.15, -0.1) is 0 Å². The quantitative estimate of drug-likeness (QED) is 0.242. The van der Waals surface area contributed by atoms with Crippen molar-refractivity contribution in [3.05, 3.63) is 102 Å². The van der Waals surface area contributed by atoms with Crippen LogP contribution in [0.3, 0.4) is 0 Å². The van der Waals surface area contributed by atoms with E-state index in [2.05, 4.69) is 0 Å². The third kappa shape index (κ3) is 5.17. The molecule has 4 atom stereocenters. The maximum Gasteiger partial charge on any atom is 0.269 e. The zero-order valence-corrected chi connectivity index (χ0v) is 28.5. The van der Waals surface area contributed by atoms with Gasteiger partial charge in [-0.25, -0.2) is 4.39 Å². The van der Waals surface area contributed by atoms with Gasteiger partial charge in [0.05, 0.1) is 29.7 Å². The Morgan fingerprint density at radius 3 is 1.96 bits per heavy atom. The number of carbonyl (C=O) groups is 3. The summed E-state index contributed by atoms with van der Waals surface area (Å²) in [5.74, 6) is -0.958. The van der Waals surface area contributed by atoms with Gasteiger partial charge in [-0.3, -0.25) is 24.2 Å². The molecule has 4 aromatic rings. The van der Waals surface area contributed by atoms with Crippen molar-refractivity contribution in [1.29, 1.82) is 0 Å². The molecule has 0 aromatic heterocycles. The second-order valence-electron chi connectivity index (χ2n) is 14.0. The minimum Gasteiger partial charge on any atom is -0.482 e. The number of alkyl halides is 1. The van der Waals surface area contributed by atoms with Crippen molar-refractivity contribution >= 4 is 46.2 Å². The highest BCUT2D eigenvalue weighted by Crippen LogP contribution is 2.59. The lowest BCUT2D eigenvalue weighted by Gasteiger charge is -2.33. The number of benzene rings is 4. The number of para-hydroxylation sites is 4. The number of aliphatic hydroxyl groups excluding tert-OH is 1. The largest absolute Gasteiger partial charge is 0.482 e. The van der Waals surface area contributed by atoms with Crippen molar-refractivity contribution in [2.24, 2.45) is 11.8 Å². The van der Waals surface area contributed by atoms with Crippen LogP contribution in [-0.4, -0.2) is 54.4 Å².